The summed E-state index contributed by atoms with van der Waals surface area (Å²) in [4.78, 5) is 13.5. The van der Waals surface area contributed by atoms with E-state index in [-0.39, 0.29) is 11.9 Å². The molecule has 23 heavy (non-hydrogen) atoms. The molecule has 1 unspecified atom stereocenters. The summed E-state index contributed by atoms with van der Waals surface area (Å²) in [5.41, 5.74) is 0.375. The first-order valence-corrected chi connectivity index (χ1v) is 8.06. The van der Waals surface area contributed by atoms with Crippen LogP contribution in [-0.4, -0.2) is 27.2 Å². The van der Waals surface area contributed by atoms with E-state index in [1.54, 1.807) is 18.2 Å². The fraction of sp³-hybridized carbons (Fsp3) is 0.312. The van der Waals surface area contributed by atoms with Crippen LogP contribution in [0.1, 0.15) is 28.2 Å². The molecule has 124 valence electrons. The van der Waals surface area contributed by atoms with Gasteiger partial charge in [-0.15, -0.1) is 11.3 Å². The second kappa shape index (κ2) is 7.57. The fourth-order valence-electron chi connectivity index (χ4n) is 2.19. The second-order valence-corrected chi connectivity index (χ2v) is 6.47. The summed E-state index contributed by atoms with van der Waals surface area (Å²) < 4.78 is 16.5. The van der Waals surface area contributed by atoms with Crippen molar-refractivity contribution in [3.8, 4) is 17.2 Å². The van der Waals surface area contributed by atoms with E-state index in [0.717, 1.165) is 4.88 Å². The van der Waals surface area contributed by atoms with Gasteiger partial charge in [0.2, 0.25) is 5.75 Å². The van der Waals surface area contributed by atoms with Gasteiger partial charge in [-0.1, -0.05) is 11.6 Å². The molecule has 0 saturated heterocycles. The lowest BCUT2D eigenvalue weighted by molar-refractivity contribution is 0.0936. The van der Waals surface area contributed by atoms with Crippen LogP contribution in [0.3, 0.4) is 0 Å². The van der Waals surface area contributed by atoms with Gasteiger partial charge in [0.15, 0.2) is 11.5 Å². The highest BCUT2D eigenvalue weighted by Crippen LogP contribution is 2.40. The minimum absolute atomic E-state index is 0.169. The van der Waals surface area contributed by atoms with Gasteiger partial charge < -0.3 is 19.5 Å². The lowest BCUT2D eigenvalue weighted by Crippen LogP contribution is -2.26. The molecule has 2 rings (SSSR count). The highest BCUT2D eigenvalue weighted by molar-refractivity contribution is 7.16. The van der Waals surface area contributed by atoms with Crippen LogP contribution < -0.4 is 19.5 Å². The standard InChI is InChI=1S/C16H18ClNO4S/c1-9(12-7-8-13(17)23-12)18-16(19)10-5-6-11(20-2)15(22-4)14(10)21-3/h5-9H,1-4H3,(H,18,19). The SMILES string of the molecule is COc1ccc(C(=O)NC(C)c2ccc(Cl)s2)c(OC)c1OC. The molecule has 1 amide bonds. The summed E-state index contributed by atoms with van der Waals surface area (Å²) in [5, 5.41) is 2.93. The molecule has 1 atom stereocenters. The van der Waals surface area contributed by atoms with E-state index >= 15 is 0 Å². The van der Waals surface area contributed by atoms with Crippen molar-refractivity contribution in [3.63, 3.8) is 0 Å². The summed E-state index contributed by atoms with van der Waals surface area (Å²) in [7, 11) is 4.51. The van der Waals surface area contributed by atoms with Crippen LogP contribution in [-0.2, 0) is 0 Å². The maximum Gasteiger partial charge on any atom is 0.255 e. The first kappa shape index (κ1) is 17.4. The highest BCUT2D eigenvalue weighted by atomic mass is 35.5. The molecular weight excluding hydrogens is 338 g/mol. The molecule has 0 saturated carbocycles. The molecule has 0 radical (unpaired) electrons. The van der Waals surface area contributed by atoms with Gasteiger partial charge in [0.05, 0.1) is 37.3 Å². The van der Waals surface area contributed by atoms with Gasteiger partial charge in [-0.3, -0.25) is 4.79 Å². The largest absolute Gasteiger partial charge is 0.493 e. The van der Waals surface area contributed by atoms with E-state index in [2.05, 4.69) is 5.32 Å². The smallest absolute Gasteiger partial charge is 0.255 e. The summed E-state index contributed by atoms with van der Waals surface area (Å²) in [6.07, 6.45) is 0. The molecule has 1 aromatic carbocycles. The van der Waals surface area contributed by atoms with Crippen molar-refractivity contribution < 1.29 is 19.0 Å². The van der Waals surface area contributed by atoms with E-state index in [4.69, 9.17) is 25.8 Å². The molecule has 7 heteroatoms. The average Bonchev–Trinajstić information content (AvgIpc) is 2.99. The Morgan fingerprint density at radius 2 is 1.78 bits per heavy atom. The number of benzene rings is 1. The van der Waals surface area contributed by atoms with Crippen LogP contribution in [0.15, 0.2) is 24.3 Å². The normalized spacial score (nSPS) is 11.7. The zero-order valence-corrected chi connectivity index (χ0v) is 14.9. The average molecular weight is 356 g/mol. The Morgan fingerprint density at radius 3 is 2.30 bits per heavy atom. The number of carbonyl (C=O) groups is 1. The Labute approximate surface area is 144 Å². The van der Waals surface area contributed by atoms with Crippen molar-refractivity contribution in [2.75, 3.05) is 21.3 Å². The topological polar surface area (TPSA) is 56.8 Å². The van der Waals surface area contributed by atoms with Crippen molar-refractivity contribution in [1.29, 1.82) is 0 Å². The lowest BCUT2D eigenvalue weighted by atomic mass is 10.1. The fourth-order valence-corrected chi connectivity index (χ4v) is 3.25. The number of carbonyl (C=O) groups excluding carboxylic acids is 1. The van der Waals surface area contributed by atoms with Crippen molar-refractivity contribution in [1.82, 2.24) is 5.32 Å². The van der Waals surface area contributed by atoms with Crippen molar-refractivity contribution in [3.05, 3.63) is 39.0 Å². The first-order chi connectivity index (χ1) is 11.0. The van der Waals surface area contributed by atoms with Crippen molar-refractivity contribution >= 4 is 28.8 Å². The minimum Gasteiger partial charge on any atom is -0.493 e. The van der Waals surface area contributed by atoms with Crippen molar-refractivity contribution in [2.45, 2.75) is 13.0 Å². The van der Waals surface area contributed by atoms with E-state index in [1.807, 2.05) is 13.0 Å². The zero-order chi connectivity index (χ0) is 17.0. The first-order valence-electron chi connectivity index (χ1n) is 6.86. The van der Waals surface area contributed by atoms with Crippen LogP contribution in [0.25, 0.3) is 0 Å². The molecule has 1 N–H and O–H groups in total. The maximum absolute atomic E-state index is 12.6. The molecule has 0 aliphatic carbocycles. The molecule has 1 aromatic heterocycles. The zero-order valence-electron chi connectivity index (χ0n) is 13.3. The van der Waals surface area contributed by atoms with Crippen LogP contribution in [0, 0.1) is 0 Å². The van der Waals surface area contributed by atoms with Crippen LogP contribution in [0.4, 0.5) is 0 Å². The van der Waals surface area contributed by atoms with Gasteiger partial charge in [-0.05, 0) is 31.2 Å². The third kappa shape index (κ3) is 3.71. The number of halogens is 1. The quantitative estimate of drug-likeness (QED) is 0.853. The number of nitrogens with one attached hydrogen (secondary N) is 1. The molecule has 0 aliphatic heterocycles. The maximum atomic E-state index is 12.6. The van der Waals surface area contributed by atoms with Gasteiger partial charge in [0.25, 0.3) is 5.91 Å². The summed E-state index contributed by atoms with van der Waals surface area (Å²) in [5.74, 6) is 0.953. The Bertz CT molecular complexity index is 701. The van der Waals surface area contributed by atoms with E-state index < -0.39 is 0 Å². The van der Waals surface area contributed by atoms with Gasteiger partial charge in [-0.25, -0.2) is 0 Å². The summed E-state index contributed by atoms with van der Waals surface area (Å²) in [6.45, 7) is 1.90. The molecule has 1 heterocycles. The number of amides is 1. The third-order valence-electron chi connectivity index (χ3n) is 3.32. The van der Waals surface area contributed by atoms with Crippen LogP contribution >= 0.6 is 22.9 Å². The Balaban J connectivity index is 2.28. The monoisotopic (exact) mass is 355 g/mol. The lowest BCUT2D eigenvalue weighted by Gasteiger charge is -2.17. The Hall–Kier alpha value is -1.92. The van der Waals surface area contributed by atoms with Gasteiger partial charge >= 0.3 is 0 Å². The van der Waals surface area contributed by atoms with E-state index in [0.29, 0.717) is 27.1 Å². The van der Waals surface area contributed by atoms with Gasteiger partial charge in [0.1, 0.15) is 0 Å². The molecular formula is C16H18ClNO4S. The Morgan fingerprint density at radius 1 is 1.09 bits per heavy atom. The van der Waals surface area contributed by atoms with Gasteiger partial charge in [0, 0.05) is 4.88 Å². The second-order valence-electron chi connectivity index (χ2n) is 4.72. The molecule has 0 aliphatic rings. The summed E-state index contributed by atoms with van der Waals surface area (Å²) >= 11 is 7.37. The Kier molecular flexibility index (Phi) is 5.74. The number of hydrogen-bond donors (Lipinski definition) is 1. The van der Waals surface area contributed by atoms with Gasteiger partial charge in [-0.2, -0.15) is 0 Å². The molecule has 0 fully saturated rings. The number of thiophene rings is 1. The van der Waals surface area contributed by atoms with E-state index in [1.165, 1.54) is 32.7 Å². The number of rotatable bonds is 6. The number of ether oxygens (including phenoxy) is 3. The van der Waals surface area contributed by atoms with Crippen molar-refractivity contribution in [2.24, 2.45) is 0 Å². The molecule has 0 spiro atoms. The number of hydrogen-bond acceptors (Lipinski definition) is 5. The summed E-state index contributed by atoms with van der Waals surface area (Å²) in [6, 6.07) is 6.84. The van der Waals surface area contributed by atoms with Crippen LogP contribution in [0.2, 0.25) is 4.34 Å². The molecule has 2 aromatic rings. The van der Waals surface area contributed by atoms with E-state index in [9.17, 15) is 4.79 Å². The van der Waals surface area contributed by atoms with Crippen LogP contribution in [0.5, 0.6) is 17.2 Å². The number of methoxy groups -OCH3 is 3. The molecule has 0 bridgehead atoms. The minimum atomic E-state index is -0.264. The highest BCUT2D eigenvalue weighted by Gasteiger charge is 2.22. The predicted octanol–water partition coefficient (Wildman–Crippen LogP) is 3.92. The third-order valence-corrected chi connectivity index (χ3v) is 4.73. The molecule has 5 nitrogen and oxygen atoms in total. The predicted molar refractivity (Wildman–Crippen MR) is 91.3 cm³/mol.